The van der Waals surface area contributed by atoms with Crippen LogP contribution in [0.2, 0.25) is 0 Å². The Labute approximate surface area is 183 Å². The number of halogens is 7. The van der Waals surface area contributed by atoms with Crippen LogP contribution >= 0.6 is 0 Å². The van der Waals surface area contributed by atoms with E-state index in [2.05, 4.69) is 9.97 Å². The molecular formula is C23H16F7N3. The second kappa shape index (κ2) is 8.42. The number of imidazole rings is 1. The molecule has 0 amide bonds. The van der Waals surface area contributed by atoms with Crippen molar-refractivity contribution < 1.29 is 30.7 Å². The zero-order valence-electron chi connectivity index (χ0n) is 16.8. The van der Waals surface area contributed by atoms with Crippen molar-refractivity contribution in [2.24, 2.45) is 0 Å². The van der Waals surface area contributed by atoms with Gasteiger partial charge in [-0.3, -0.25) is 0 Å². The zero-order chi connectivity index (χ0) is 23.8. The van der Waals surface area contributed by atoms with Gasteiger partial charge in [-0.05, 0) is 48.0 Å². The average Bonchev–Trinajstić information content (AvgIpc) is 3.16. The molecule has 33 heavy (non-hydrogen) atoms. The molecule has 10 heteroatoms. The Morgan fingerprint density at radius 1 is 0.758 bits per heavy atom. The number of benzene rings is 3. The van der Waals surface area contributed by atoms with Crippen LogP contribution in [0.4, 0.5) is 36.4 Å². The largest absolute Gasteiger partial charge is 0.416 e. The van der Waals surface area contributed by atoms with Crippen LogP contribution in [-0.2, 0) is 25.4 Å². The Kier molecular flexibility index (Phi) is 5.77. The smallest absolute Gasteiger partial charge is 0.360 e. The molecule has 4 aromatic rings. The Morgan fingerprint density at radius 2 is 1.36 bits per heavy atom. The predicted molar refractivity (Wildman–Crippen MR) is 109 cm³/mol. The van der Waals surface area contributed by atoms with Crippen molar-refractivity contribution in [1.82, 2.24) is 9.97 Å². The molecule has 0 unspecified atom stereocenters. The van der Waals surface area contributed by atoms with Gasteiger partial charge in [0.15, 0.2) is 0 Å². The van der Waals surface area contributed by atoms with Crippen LogP contribution < -0.4 is 4.90 Å². The third kappa shape index (κ3) is 5.27. The van der Waals surface area contributed by atoms with Crippen molar-refractivity contribution in [3.05, 3.63) is 95.1 Å². The molecule has 4 rings (SSSR count). The highest BCUT2D eigenvalue weighted by atomic mass is 19.4. The summed E-state index contributed by atoms with van der Waals surface area (Å²) in [7, 11) is 0. The van der Waals surface area contributed by atoms with Crippen molar-refractivity contribution in [1.29, 1.82) is 0 Å². The number of H-pyrrole nitrogens is 1. The number of alkyl halides is 6. The minimum Gasteiger partial charge on any atom is -0.360 e. The number of nitrogens with one attached hydrogen (secondary N) is 1. The van der Waals surface area contributed by atoms with Crippen LogP contribution in [0.3, 0.4) is 0 Å². The summed E-state index contributed by atoms with van der Waals surface area (Å²) in [6.45, 7) is -0.180. The minimum atomic E-state index is -4.98. The molecule has 0 aliphatic rings. The van der Waals surface area contributed by atoms with Crippen LogP contribution in [0.25, 0.3) is 11.0 Å². The van der Waals surface area contributed by atoms with Gasteiger partial charge in [0, 0.05) is 12.2 Å². The van der Waals surface area contributed by atoms with E-state index in [1.807, 2.05) is 0 Å². The maximum atomic E-state index is 13.4. The van der Waals surface area contributed by atoms with Gasteiger partial charge >= 0.3 is 12.4 Å². The average molecular weight is 467 g/mol. The molecule has 1 aromatic heterocycles. The van der Waals surface area contributed by atoms with Crippen LogP contribution in [0, 0.1) is 5.82 Å². The highest BCUT2D eigenvalue weighted by Crippen LogP contribution is 2.39. The van der Waals surface area contributed by atoms with E-state index in [0.717, 1.165) is 0 Å². The number of hydrogen-bond acceptors (Lipinski definition) is 2. The van der Waals surface area contributed by atoms with Gasteiger partial charge in [0.05, 0.1) is 28.7 Å². The summed E-state index contributed by atoms with van der Waals surface area (Å²) in [6.07, 6.45) is -9.95. The van der Waals surface area contributed by atoms with Crippen LogP contribution in [-0.4, -0.2) is 9.97 Å². The van der Waals surface area contributed by atoms with Gasteiger partial charge in [0.1, 0.15) is 11.6 Å². The number of aromatic amines is 1. The predicted octanol–water partition coefficient (Wildman–Crippen LogP) is 6.95. The summed E-state index contributed by atoms with van der Waals surface area (Å²) in [6, 6.07) is 13.6. The van der Waals surface area contributed by atoms with Crippen molar-refractivity contribution in [2.45, 2.75) is 25.4 Å². The van der Waals surface area contributed by atoms with Gasteiger partial charge in [0.25, 0.3) is 0 Å². The lowest BCUT2D eigenvalue weighted by molar-refractivity contribution is -0.143. The first-order valence-corrected chi connectivity index (χ1v) is 9.71. The second-order valence-electron chi connectivity index (χ2n) is 7.45. The van der Waals surface area contributed by atoms with Crippen molar-refractivity contribution in [2.75, 3.05) is 4.90 Å². The number of hydrogen-bond donors (Lipinski definition) is 1. The number of fused-ring (bicyclic) bond motifs is 1. The summed E-state index contributed by atoms with van der Waals surface area (Å²) in [5.41, 5.74) is -1.34. The summed E-state index contributed by atoms with van der Waals surface area (Å²) in [4.78, 5) is 8.73. The lowest BCUT2D eigenvalue weighted by Gasteiger charge is -2.26. The Hall–Kier alpha value is -3.56. The van der Waals surface area contributed by atoms with Crippen molar-refractivity contribution in [3.8, 4) is 0 Å². The Morgan fingerprint density at radius 3 is 1.94 bits per heavy atom. The SMILES string of the molecule is Fc1ccc(CN(Cc2nc3ccccc3[nH]2)c2cc(C(F)(F)F)cc(C(F)(F)F)c2)cc1. The molecular weight excluding hydrogens is 451 g/mol. The molecule has 0 fully saturated rings. The first-order chi connectivity index (χ1) is 15.5. The molecule has 0 aliphatic carbocycles. The van der Waals surface area contributed by atoms with E-state index in [9.17, 15) is 30.7 Å². The molecule has 0 saturated heterocycles. The molecule has 0 spiro atoms. The van der Waals surface area contributed by atoms with Crippen molar-refractivity contribution in [3.63, 3.8) is 0 Å². The number of rotatable bonds is 5. The van der Waals surface area contributed by atoms with E-state index in [1.54, 1.807) is 24.3 Å². The van der Waals surface area contributed by atoms with Gasteiger partial charge < -0.3 is 9.88 Å². The number of para-hydroxylation sites is 2. The minimum absolute atomic E-state index is 0.0735. The molecule has 0 radical (unpaired) electrons. The first-order valence-electron chi connectivity index (χ1n) is 9.71. The monoisotopic (exact) mass is 467 g/mol. The van der Waals surface area contributed by atoms with E-state index in [0.29, 0.717) is 34.6 Å². The normalized spacial score (nSPS) is 12.3. The summed E-state index contributed by atoms with van der Waals surface area (Å²) >= 11 is 0. The fraction of sp³-hybridized carbons (Fsp3) is 0.174. The van der Waals surface area contributed by atoms with E-state index in [4.69, 9.17) is 0 Å². The maximum absolute atomic E-state index is 13.4. The van der Waals surface area contributed by atoms with Crippen molar-refractivity contribution >= 4 is 16.7 Å². The molecule has 172 valence electrons. The third-order valence-corrected chi connectivity index (χ3v) is 5.00. The van der Waals surface area contributed by atoms with E-state index >= 15 is 0 Å². The maximum Gasteiger partial charge on any atom is 0.416 e. The van der Waals surface area contributed by atoms with E-state index in [1.165, 1.54) is 29.2 Å². The zero-order valence-corrected chi connectivity index (χ0v) is 16.8. The highest BCUT2D eigenvalue weighted by Gasteiger charge is 2.37. The summed E-state index contributed by atoms with van der Waals surface area (Å²) in [5, 5.41) is 0. The lowest BCUT2D eigenvalue weighted by Crippen LogP contribution is -2.24. The Bertz CT molecular complexity index is 1190. The molecule has 0 bridgehead atoms. The van der Waals surface area contributed by atoms with Crippen LogP contribution in [0.1, 0.15) is 22.5 Å². The van der Waals surface area contributed by atoms with Crippen LogP contribution in [0.5, 0.6) is 0 Å². The molecule has 0 aliphatic heterocycles. The summed E-state index contributed by atoms with van der Waals surface area (Å²) in [5.74, 6) is -0.162. The summed E-state index contributed by atoms with van der Waals surface area (Å²) < 4.78 is 93.6. The molecule has 1 heterocycles. The molecule has 0 atom stereocenters. The second-order valence-corrected chi connectivity index (χ2v) is 7.45. The van der Waals surface area contributed by atoms with E-state index < -0.39 is 29.3 Å². The topological polar surface area (TPSA) is 31.9 Å². The van der Waals surface area contributed by atoms with Gasteiger partial charge in [0.2, 0.25) is 0 Å². The molecule has 1 N–H and O–H groups in total. The number of nitrogens with zero attached hydrogens (tertiary/aromatic N) is 2. The fourth-order valence-electron chi connectivity index (χ4n) is 3.43. The third-order valence-electron chi connectivity index (χ3n) is 5.00. The molecule has 3 nitrogen and oxygen atoms in total. The van der Waals surface area contributed by atoms with Gasteiger partial charge in [-0.2, -0.15) is 26.3 Å². The van der Waals surface area contributed by atoms with E-state index in [-0.39, 0.29) is 24.8 Å². The number of anilines is 1. The number of aromatic nitrogens is 2. The van der Waals surface area contributed by atoms with Gasteiger partial charge in [-0.1, -0.05) is 24.3 Å². The van der Waals surface area contributed by atoms with Crippen LogP contribution in [0.15, 0.2) is 66.7 Å². The molecule has 0 saturated carbocycles. The quantitative estimate of drug-likeness (QED) is 0.322. The van der Waals surface area contributed by atoms with Gasteiger partial charge in [-0.25, -0.2) is 9.37 Å². The lowest BCUT2D eigenvalue weighted by atomic mass is 10.1. The first kappa shape index (κ1) is 22.6. The standard InChI is InChI=1S/C23H16F7N3/c24-17-7-5-14(6-8-17)12-33(13-21-31-19-3-1-2-4-20(19)32-21)18-10-15(22(25,26)27)9-16(11-18)23(28,29)30/h1-11H,12-13H2,(H,31,32). The molecule has 3 aromatic carbocycles. The highest BCUT2D eigenvalue weighted by molar-refractivity contribution is 5.74. The van der Waals surface area contributed by atoms with Gasteiger partial charge in [-0.15, -0.1) is 0 Å². The fourth-order valence-corrected chi connectivity index (χ4v) is 3.43. The Balaban J connectivity index is 1.79.